The molecular weight excluding hydrogens is 248 g/mol. The molecule has 5 nitrogen and oxygen atoms in total. The molecule has 0 aromatic carbocycles. The highest BCUT2D eigenvalue weighted by molar-refractivity contribution is 5.77. The number of hydrogen-bond donors (Lipinski definition) is 0. The summed E-state index contributed by atoms with van der Waals surface area (Å²) >= 11 is 0. The Morgan fingerprint density at radius 2 is 2.11 bits per heavy atom. The number of esters is 2. The minimum Gasteiger partial charge on any atom is -0.466 e. The lowest BCUT2D eigenvalue weighted by Gasteiger charge is -2.23. The summed E-state index contributed by atoms with van der Waals surface area (Å²) in [6.45, 7) is 3.44. The Morgan fingerprint density at radius 3 is 2.68 bits per heavy atom. The van der Waals surface area contributed by atoms with Crippen molar-refractivity contribution in [1.29, 1.82) is 0 Å². The van der Waals surface area contributed by atoms with Crippen LogP contribution in [0.15, 0.2) is 11.6 Å². The molecule has 0 aromatic heterocycles. The number of allylic oxidation sites excluding steroid dienone is 1. The van der Waals surface area contributed by atoms with E-state index in [0.29, 0.717) is 37.9 Å². The van der Waals surface area contributed by atoms with E-state index >= 15 is 0 Å². The van der Waals surface area contributed by atoms with Crippen molar-refractivity contribution in [2.45, 2.75) is 45.6 Å². The molecule has 19 heavy (non-hydrogen) atoms. The molecule has 1 aliphatic carbocycles. The lowest BCUT2D eigenvalue weighted by Crippen LogP contribution is -2.25. The summed E-state index contributed by atoms with van der Waals surface area (Å²) in [6.07, 6.45) is 4.20. The van der Waals surface area contributed by atoms with Crippen molar-refractivity contribution in [2.24, 2.45) is 5.92 Å². The molecule has 0 saturated carbocycles. The predicted molar refractivity (Wildman–Crippen MR) is 68.3 cm³/mol. The Hall–Kier alpha value is -1.65. The molecule has 2 atom stereocenters. The largest absolute Gasteiger partial charge is 0.466 e. The lowest BCUT2D eigenvalue weighted by molar-refractivity contribution is -0.149. The molecular formula is C14H20O5. The van der Waals surface area contributed by atoms with Crippen LogP contribution in [-0.2, 0) is 23.9 Å². The van der Waals surface area contributed by atoms with E-state index in [2.05, 4.69) is 0 Å². The maximum Gasteiger partial charge on any atom is 0.308 e. The summed E-state index contributed by atoms with van der Waals surface area (Å²) in [5.41, 5.74) is 0.484. The third-order valence-corrected chi connectivity index (χ3v) is 3.11. The van der Waals surface area contributed by atoms with E-state index in [4.69, 9.17) is 9.47 Å². The molecule has 0 saturated heterocycles. The fraction of sp³-hybridized carbons (Fsp3) is 0.643. The van der Waals surface area contributed by atoms with Crippen LogP contribution in [0.5, 0.6) is 0 Å². The number of carbonyl (C=O) groups is 3. The van der Waals surface area contributed by atoms with Gasteiger partial charge in [-0.25, -0.2) is 0 Å². The molecule has 0 bridgehead atoms. The van der Waals surface area contributed by atoms with Crippen LogP contribution in [0.25, 0.3) is 0 Å². The smallest absolute Gasteiger partial charge is 0.308 e. The highest BCUT2D eigenvalue weighted by atomic mass is 16.5. The van der Waals surface area contributed by atoms with Crippen LogP contribution in [0.4, 0.5) is 0 Å². The van der Waals surface area contributed by atoms with Gasteiger partial charge in [0.2, 0.25) is 0 Å². The fourth-order valence-corrected chi connectivity index (χ4v) is 2.19. The van der Waals surface area contributed by atoms with E-state index in [9.17, 15) is 14.4 Å². The van der Waals surface area contributed by atoms with Crippen LogP contribution >= 0.6 is 0 Å². The van der Waals surface area contributed by atoms with Gasteiger partial charge in [0.05, 0.1) is 12.5 Å². The third kappa shape index (κ3) is 4.85. The highest BCUT2D eigenvalue weighted by Crippen LogP contribution is 2.24. The van der Waals surface area contributed by atoms with Crippen LogP contribution in [0.3, 0.4) is 0 Å². The monoisotopic (exact) mass is 268 g/mol. The maximum absolute atomic E-state index is 11.7. The van der Waals surface area contributed by atoms with Crippen LogP contribution in [-0.4, -0.2) is 30.9 Å². The number of ether oxygens (including phenoxy) is 2. The van der Waals surface area contributed by atoms with Gasteiger partial charge in [-0.1, -0.05) is 6.08 Å². The molecule has 0 N–H and O–H groups in total. The molecule has 0 fully saturated rings. The normalized spacial score (nSPS) is 26.3. The van der Waals surface area contributed by atoms with Gasteiger partial charge >= 0.3 is 11.9 Å². The van der Waals surface area contributed by atoms with Gasteiger partial charge in [-0.2, -0.15) is 0 Å². The molecule has 0 aliphatic heterocycles. The second-order valence-electron chi connectivity index (χ2n) is 4.52. The van der Waals surface area contributed by atoms with Crippen LogP contribution in [0.2, 0.25) is 0 Å². The summed E-state index contributed by atoms with van der Waals surface area (Å²) in [5, 5.41) is 0. The zero-order valence-electron chi connectivity index (χ0n) is 11.4. The average molecular weight is 268 g/mol. The first-order valence-electron chi connectivity index (χ1n) is 6.57. The van der Waals surface area contributed by atoms with Gasteiger partial charge in [-0.15, -0.1) is 0 Å². The van der Waals surface area contributed by atoms with Crippen LogP contribution in [0, 0.1) is 5.92 Å². The average Bonchev–Trinajstić information content (AvgIpc) is 2.33. The minimum atomic E-state index is -0.549. The van der Waals surface area contributed by atoms with E-state index in [0.717, 1.165) is 6.29 Å². The van der Waals surface area contributed by atoms with Gasteiger partial charge in [0.25, 0.3) is 0 Å². The first-order chi connectivity index (χ1) is 9.08. The first kappa shape index (κ1) is 15.4. The summed E-state index contributed by atoms with van der Waals surface area (Å²) in [6, 6.07) is 0. The van der Waals surface area contributed by atoms with Crippen molar-refractivity contribution in [1.82, 2.24) is 0 Å². The lowest BCUT2D eigenvalue weighted by atomic mass is 9.90. The predicted octanol–water partition coefficient (Wildman–Crippen LogP) is 1.80. The maximum atomic E-state index is 11.7. The minimum absolute atomic E-state index is 0.192. The van der Waals surface area contributed by atoms with Gasteiger partial charge < -0.3 is 9.47 Å². The van der Waals surface area contributed by atoms with Crippen molar-refractivity contribution >= 4 is 18.2 Å². The number of carbonyl (C=O) groups excluding carboxylic acids is 3. The van der Waals surface area contributed by atoms with Crippen LogP contribution < -0.4 is 0 Å². The molecule has 2 unspecified atom stereocenters. The Kier molecular flexibility index (Phi) is 6.25. The van der Waals surface area contributed by atoms with Gasteiger partial charge in [0.1, 0.15) is 12.4 Å². The summed E-state index contributed by atoms with van der Waals surface area (Å²) in [7, 11) is 0. The zero-order valence-corrected chi connectivity index (χ0v) is 11.4. The summed E-state index contributed by atoms with van der Waals surface area (Å²) in [5.74, 6) is -0.833. The third-order valence-electron chi connectivity index (χ3n) is 3.11. The molecule has 0 aromatic rings. The molecule has 1 aliphatic rings. The first-order valence-corrected chi connectivity index (χ1v) is 6.57. The second-order valence-corrected chi connectivity index (χ2v) is 4.52. The zero-order chi connectivity index (χ0) is 14.3. The number of hydrogen-bond acceptors (Lipinski definition) is 5. The number of aldehydes is 1. The van der Waals surface area contributed by atoms with Crippen LogP contribution in [0.1, 0.15) is 39.5 Å². The number of rotatable bonds is 4. The van der Waals surface area contributed by atoms with Crippen molar-refractivity contribution in [3.63, 3.8) is 0 Å². The van der Waals surface area contributed by atoms with Crippen molar-refractivity contribution in [3.05, 3.63) is 11.6 Å². The van der Waals surface area contributed by atoms with Crippen molar-refractivity contribution < 1.29 is 23.9 Å². The molecule has 0 spiro atoms. The second kappa shape index (κ2) is 7.71. The molecule has 106 valence electrons. The van der Waals surface area contributed by atoms with Crippen molar-refractivity contribution in [2.75, 3.05) is 6.61 Å². The standard InChI is InChI=1S/C14H20O5/c1-3-18-14(17)11-5-4-6-12(9-15)13(8-7-11)19-10(2)16/h6,9,11,13H,3-5,7-8H2,1-2H3/b12-6-. The van der Waals surface area contributed by atoms with E-state index in [-0.39, 0.29) is 11.9 Å². The summed E-state index contributed by atoms with van der Waals surface area (Å²) in [4.78, 5) is 33.7. The topological polar surface area (TPSA) is 69.7 Å². The molecule has 1 rings (SSSR count). The van der Waals surface area contributed by atoms with E-state index < -0.39 is 12.1 Å². The van der Waals surface area contributed by atoms with Gasteiger partial charge in [0.15, 0.2) is 0 Å². The van der Waals surface area contributed by atoms with Gasteiger partial charge in [0, 0.05) is 12.5 Å². The van der Waals surface area contributed by atoms with Crippen molar-refractivity contribution in [3.8, 4) is 0 Å². The Morgan fingerprint density at radius 1 is 1.37 bits per heavy atom. The molecule has 0 amide bonds. The van der Waals surface area contributed by atoms with E-state index in [1.54, 1.807) is 13.0 Å². The summed E-state index contributed by atoms with van der Waals surface area (Å²) < 4.78 is 10.1. The Balaban J connectivity index is 2.73. The van der Waals surface area contributed by atoms with E-state index in [1.807, 2.05) is 0 Å². The fourth-order valence-electron chi connectivity index (χ4n) is 2.19. The van der Waals surface area contributed by atoms with Gasteiger partial charge in [-0.3, -0.25) is 14.4 Å². The van der Waals surface area contributed by atoms with E-state index in [1.165, 1.54) is 6.92 Å². The highest BCUT2D eigenvalue weighted by Gasteiger charge is 2.26. The SMILES string of the molecule is CCOC(=O)C1CC/C=C(/C=O)C(OC(C)=O)CC1. The molecule has 0 radical (unpaired) electrons. The quantitative estimate of drug-likeness (QED) is 0.574. The molecule has 5 heteroatoms. The Labute approximate surface area is 112 Å². The Bertz CT molecular complexity index is 372. The van der Waals surface area contributed by atoms with Gasteiger partial charge in [-0.05, 0) is 32.6 Å². The molecule has 0 heterocycles.